The van der Waals surface area contributed by atoms with E-state index < -0.39 is 0 Å². The second kappa shape index (κ2) is 4.98. The normalized spacial score (nSPS) is 14.0. The number of aromatic nitrogens is 4. The van der Waals surface area contributed by atoms with Gasteiger partial charge in [-0.15, -0.1) is 0 Å². The van der Waals surface area contributed by atoms with Crippen molar-refractivity contribution in [1.29, 1.82) is 0 Å². The van der Waals surface area contributed by atoms with Crippen LogP contribution in [-0.4, -0.2) is 26.6 Å². The van der Waals surface area contributed by atoms with Gasteiger partial charge in [-0.2, -0.15) is 0 Å². The molecule has 0 atom stereocenters. The molecule has 0 saturated carbocycles. The third kappa shape index (κ3) is 1.99. The average molecular weight is 296 g/mol. The standard InChI is InChI=1S/C16H16N4O2/c1-22-11-7-5-10(6-8-11)14-18-13-15(19-14)17-12-4-2-3-9-20(12)16(13)21/h5-8H,2-4,9H2,1H3,(H,18,19). The van der Waals surface area contributed by atoms with Gasteiger partial charge in [-0.25, -0.2) is 9.97 Å². The van der Waals surface area contributed by atoms with Crippen LogP contribution in [0.1, 0.15) is 18.7 Å². The molecule has 0 fully saturated rings. The van der Waals surface area contributed by atoms with E-state index >= 15 is 0 Å². The van der Waals surface area contributed by atoms with Crippen molar-refractivity contribution >= 4 is 11.2 Å². The number of hydrogen-bond acceptors (Lipinski definition) is 4. The molecule has 1 N–H and O–H groups in total. The third-order valence-corrected chi connectivity index (χ3v) is 4.08. The first kappa shape index (κ1) is 13.1. The van der Waals surface area contributed by atoms with Crippen LogP contribution in [0.25, 0.3) is 22.6 Å². The third-order valence-electron chi connectivity index (χ3n) is 4.08. The summed E-state index contributed by atoms with van der Waals surface area (Å²) in [7, 11) is 1.63. The molecule has 0 aliphatic carbocycles. The van der Waals surface area contributed by atoms with E-state index in [0.717, 1.165) is 42.9 Å². The van der Waals surface area contributed by atoms with Gasteiger partial charge < -0.3 is 9.72 Å². The number of H-pyrrole nitrogens is 1. The molecule has 0 radical (unpaired) electrons. The summed E-state index contributed by atoms with van der Waals surface area (Å²) in [6.07, 6.45) is 2.95. The van der Waals surface area contributed by atoms with E-state index in [9.17, 15) is 4.79 Å². The highest BCUT2D eigenvalue weighted by Gasteiger charge is 2.17. The van der Waals surface area contributed by atoms with Crippen LogP contribution in [-0.2, 0) is 13.0 Å². The highest BCUT2D eigenvalue weighted by Crippen LogP contribution is 2.22. The molecule has 0 spiro atoms. The fraction of sp³-hybridized carbons (Fsp3) is 0.312. The number of aromatic amines is 1. The van der Waals surface area contributed by atoms with Crippen molar-refractivity contribution in [3.63, 3.8) is 0 Å². The van der Waals surface area contributed by atoms with E-state index in [2.05, 4.69) is 15.0 Å². The van der Waals surface area contributed by atoms with Gasteiger partial charge in [-0.1, -0.05) is 0 Å². The van der Waals surface area contributed by atoms with Crippen LogP contribution in [0.2, 0.25) is 0 Å². The number of methoxy groups -OCH3 is 1. The Balaban J connectivity index is 1.86. The van der Waals surface area contributed by atoms with Crippen molar-refractivity contribution in [3.8, 4) is 17.1 Å². The second-order valence-corrected chi connectivity index (χ2v) is 5.45. The van der Waals surface area contributed by atoms with E-state index in [0.29, 0.717) is 17.0 Å². The van der Waals surface area contributed by atoms with Gasteiger partial charge in [-0.3, -0.25) is 9.36 Å². The molecular formula is C16H16N4O2. The van der Waals surface area contributed by atoms with E-state index in [4.69, 9.17) is 4.74 Å². The number of benzene rings is 1. The fourth-order valence-electron chi connectivity index (χ4n) is 2.89. The van der Waals surface area contributed by atoms with Crippen molar-refractivity contribution in [2.75, 3.05) is 7.11 Å². The summed E-state index contributed by atoms with van der Waals surface area (Å²) in [6, 6.07) is 7.56. The molecule has 2 aromatic heterocycles. The Bertz CT molecular complexity index is 893. The Morgan fingerprint density at radius 3 is 2.77 bits per heavy atom. The summed E-state index contributed by atoms with van der Waals surface area (Å²) in [6.45, 7) is 0.738. The quantitative estimate of drug-likeness (QED) is 0.786. The van der Waals surface area contributed by atoms with Crippen LogP contribution in [0.15, 0.2) is 29.1 Å². The van der Waals surface area contributed by atoms with Gasteiger partial charge in [0.05, 0.1) is 7.11 Å². The van der Waals surface area contributed by atoms with Crippen LogP contribution in [0.5, 0.6) is 5.75 Å². The van der Waals surface area contributed by atoms with Crippen LogP contribution < -0.4 is 10.3 Å². The number of ether oxygens (including phenoxy) is 1. The van der Waals surface area contributed by atoms with Crippen molar-refractivity contribution in [2.24, 2.45) is 0 Å². The van der Waals surface area contributed by atoms with Gasteiger partial charge in [0.15, 0.2) is 11.2 Å². The van der Waals surface area contributed by atoms with Gasteiger partial charge >= 0.3 is 0 Å². The van der Waals surface area contributed by atoms with Crippen molar-refractivity contribution in [1.82, 2.24) is 19.5 Å². The molecule has 6 heteroatoms. The Hall–Kier alpha value is -2.63. The summed E-state index contributed by atoms with van der Waals surface area (Å²) in [4.78, 5) is 24.7. The van der Waals surface area contributed by atoms with Crippen LogP contribution in [0, 0.1) is 0 Å². The van der Waals surface area contributed by atoms with E-state index in [1.54, 1.807) is 11.7 Å². The van der Waals surface area contributed by atoms with Gasteiger partial charge in [-0.05, 0) is 37.1 Å². The lowest BCUT2D eigenvalue weighted by atomic mass is 10.1. The highest BCUT2D eigenvalue weighted by molar-refractivity contribution is 5.75. The molecule has 0 unspecified atom stereocenters. The van der Waals surface area contributed by atoms with Crippen molar-refractivity contribution < 1.29 is 4.74 Å². The number of imidazole rings is 1. The molecule has 0 amide bonds. The number of rotatable bonds is 2. The summed E-state index contributed by atoms with van der Waals surface area (Å²) in [5, 5.41) is 0. The lowest BCUT2D eigenvalue weighted by molar-refractivity contribution is 0.415. The molecule has 1 aromatic carbocycles. The molecule has 1 aliphatic rings. The maximum Gasteiger partial charge on any atom is 0.281 e. The lowest BCUT2D eigenvalue weighted by Gasteiger charge is -2.16. The first-order valence-corrected chi connectivity index (χ1v) is 7.40. The summed E-state index contributed by atoms with van der Waals surface area (Å²) in [5.74, 6) is 2.30. The molecule has 112 valence electrons. The molecule has 0 saturated heterocycles. The van der Waals surface area contributed by atoms with Crippen molar-refractivity contribution in [3.05, 3.63) is 40.4 Å². The summed E-state index contributed by atoms with van der Waals surface area (Å²) >= 11 is 0. The zero-order valence-electron chi connectivity index (χ0n) is 12.3. The molecule has 0 bridgehead atoms. The zero-order chi connectivity index (χ0) is 15.1. The minimum atomic E-state index is -0.0456. The molecule has 6 nitrogen and oxygen atoms in total. The molecule has 1 aliphatic heterocycles. The number of aryl methyl sites for hydroxylation is 1. The highest BCUT2D eigenvalue weighted by atomic mass is 16.5. The number of nitrogens with one attached hydrogen (secondary N) is 1. The Morgan fingerprint density at radius 2 is 2.00 bits per heavy atom. The summed E-state index contributed by atoms with van der Waals surface area (Å²) < 4.78 is 6.91. The fourth-order valence-corrected chi connectivity index (χ4v) is 2.89. The first-order valence-electron chi connectivity index (χ1n) is 7.40. The Morgan fingerprint density at radius 1 is 1.18 bits per heavy atom. The van der Waals surface area contributed by atoms with E-state index in [1.165, 1.54) is 0 Å². The minimum Gasteiger partial charge on any atom is -0.497 e. The summed E-state index contributed by atoms with van der Waals surface area (Å²) in [5.41, 5.74) is 1.84. The molecule has 3 heterocycles. The van der Waals surface area contributed by atoms with Gasteiger partial charge in [0.25, 0.3) is 5.56 Å². The van der Waals surface area contributed by atoms with Gasteiger partial charge in [0, 0.05) is 18.5 Å². The molecule has 4 rings (SSSR count). The second-order valence-electron chi connectivity index (χ2n) is 5.45. The Labute approximate surface area is 126 Å². The maximum absolute atomic E-state index is 12.5. The van der Waals surface area contributed by atoms with Crippen molar-refractivity contribution in [2.45, 2.75) is 25.8 Å². The Kier molecular flexibility index (Phi) is 2.96. The first-order chi connectivity index (χ1) is 10.8. The predicted octanol–water partition coefficient (Wildman–Crippen LogP) is 2.13. The predicted molar refractivity (Wildman–Crippen MR) is 83.1 cm³/mol. The van der Waals surface area contributed by atoms with Gasteiger partial charge in [0.2, 0.25) is 0 Å². The van der Waals surface area contributed by atoms with Crippen LogP contribution in [0.3, 0.4) is 0 Å². The molecule has 3 aromatic rings. The van der Waals surface area contributed by atoms with E-state index in [1.807, 2.05) is 24.3 Å². The molecule has 22 heavy (non-hydrogen) atoms. The smallest absolute Gasteiger partial charge is 0.281 e. The average Bonchev–Trinajstić information content (AvgIpc) is 2.99. The maximum atomic E-state index is 12.5. The molecular weight excluding hydrogens is 280 g/mol. The van der Waals surface area contributed by atoms with Crippen LogP contribution >= 0.6 is 0 Å². The lowest BCUT2D eigenvalue weighted by Crippen LogP contribution is -2.28. The largest absolute Gasteiger partial charge is 0.497 e. The van der Waals surface area contributed by atoms with Crippen LogP contribution in [0.4, 0.5) is 0 Å². The minimum absolute atomic E-state index is 0.0456. The SMILES string of the molecule is COc1ccc(-c2nc3c(=O)n4c(nc3[nH]2)CCCC4)cc1. The van der Waals surface area contributed by atoms with E-state index in [-0.39, 0.29) is 5.56 Å². The number of hydrogen-bond donors (Lipinski definition) is 1. The number of nitrogens with zero attached hydrogens (tertiary/aromatic N) is 3. The zero-order valence-corrected chi connectivity index (χ0v) is 12.3. The van der Waals surface area contributed by atoms with Gasteiger partial charge in [0.1, 0.15) is 17.4 Å². The monoisotopic (exact) mass is 296 g/mol. The topological polar surface area (TPSA) is 72.8 Å². The number of fused-ring (bicyclic) bond motifs is 2.